The van der Waals surface area contributed by atoms with Crippen LogP contribution >= 0.6 is 0 Å². The summed E-state index contributed by atoms with van der Waals surface area (Å²) in [6.45, 7) is 7.63. The predicted octanol–water partition coefficient (Wildman–Crippen LogP) is 3.95. The monoisotopic (exact) mass is 239 g/mol. The van der Waals surface area contributed by atoms with Crippen LogP contribution in [0.25, 0.3) is 0 Å². The Balaban J connectivity index is 1.90. The Bertz CT molecular complexity index is 590. The second kappa shape index (κ2) is 4.31. The maximum absolute atomic E-state index is 2.41. The molecule has 1 aliphatic carbocycles. The summed E-state index contributed by atoms with van der Waals surface area (Å²) in [6.07, 6.45) is 6.15. The summed E-state index contributed by atoms with van der Waals surface area (Å²) in [5.41, 5.74) is 8.80. The summed E-state index contributed by atoms with van der Waals surface area (Å²) >= 11 is 0. The van der Waals surface area contributed by atoms with E-state index < -0.39 is 0 Å². The number of aromatic nitrogens is 1. The second-order valence-corrected chi connectivity index (χ2v) is 5.61. The molecule has 1 heteroatoms. The van der Waals surface area contributed by atoms with Gasteiger partial charge in [-0.2, -0.15) is 0 Å². The molecule has 0 atom stereocenters. The molecule has 0 amide bonds. The number of benzene rings is 1. The molecule has 0 radical (unpaired) electrons. The van der Waals surface area contributed by atoms with E-state index in [1.165, 1.54) is 41.6 Å². The highest BCUT2D eigenvalue weighted by molar-refractivity contribution is 5.36. The molecule has 0 unspecified atom stereocenters. The van der Waals surface area contributed by atoms with Crippen molar-refractivity contribution >= 4 is 0 Å². The van der Waals surface area contributed by atoms with E-state index in [1.807, 2.05) is 0 Å². The van der Waals surface area contributed by atoms with Gasteiger partial charge >= 0.3 is 0 Å². The first-order chi connectivity index (χ1) is 8.65. The molecule has 18 heavy (non-hydrogen) atoms. The molecule has 1 aromatic heterocycles. The highest BCUT2D eigenvalue weighted by atomic mass is 15.0. The predicted molar refractivity (Wildman–Crippen MR) is 76.2 cm³/mol. The summed E-state index contributed by atoms with van der Waals surface area (Å²) in [7, 11) is 0. The first-order valence-electron chi connectivity index (χ1n) is 6.89. The second-order valence-electron chi connectivity index (χ2n) is 5.61. The molecule has 0 bridgehead atoms. The Morgan fingerprint density at radius 3 is 2.56 bits per heavy atom. The zero-order valence-corrected chi connectivity index (χ0v) is 11.6. The molecular weight excluding hydrogens is 218 g/mol. The van der Waals surface area contributed by atoms with Crippen LogP contribution in [0.3, 0.4) is 0 Å². The lowest BCUT2D eigenvalue weighted by molar-refractivity contribution is 0.771. The Labute approximate surface area is 109 Å². The summed E-state index contributed by atoms with van der Waals surface area (Å²) in [5, 5.41) is 0. The maximum Gasteiger partial charge on any atom is 0.0473 e. The SMILES string of the molecule is Cc1cn(Cc2ccc3c(c2)CCC3)c(C)c1C. The van der Waals surface area contributed by atoms with Crippen molar-refractivity contribution in [1.82, 2.24) is 4.57 Å². The lowest BCUT2D eigenvalue weighted by Crippen LogP contribution is -2.01. The Morgan fingerprint density at radius 1 is 1.06 bits per heavy atom. The molecule has 0 saturated carbocycles. The minimum atomic E-state index is 1.01. The van der Waals surface area contributed by atoms with Crippen LogP contribution in [0.4, 0.5) is 0 Å². The third-order valence-corrected chi connectivity index (χ3v) is 4.43. The van der Waals surface area contributed by atoms with Crippen LogP contribution in [-0.2, 0) is 19.4 Å². The van der Waals surface area contributed by atoms with Crippen molar-refractivity contribution in [3.8, 4) is 0 Å². The quantitative estimate of drug-likeness (QED) is 0.748. The summed E-state index contributed by atoms with van der Waals surface area (Å²) in [5.74, 6) is 0. The van der Waals surface area contributed by atoms with E-state index in [9.17, 15) is 0 Å². The van der Waals surface area contributed by atoms with Gasteiger partial charge in [0, 0.05) is 18.4 Å². The van der Waals surface area contributed by atoms with E-state index in [-0.39, 0.29) is 0 Å². The zero-order valence-electron chi connectivity index (χ0n) is 11.6. The summed E-state index contributed by atoms with van der Waals surface area (Å²) in [6, 6.07) is 7.04. The topological polar surface area (TPSA) is 4.93 Å². The number of hydrogen-bond donors (Lipinski definition) is 0. The smallest absolute Gasteiger partial charge is 0.0473 e. The average molecular weight is 239 g/mol. The Kier molecular flexibility index (Phi) is 2.77. The number of hydrogen-bond acceptors (Lipinski definition) is 0. The lowest BCUT2D eigenvalue weighted by atomic mass is 10.1. The maximum atomic E-state index is 2.41. The van der Waals surface area contributed by atoms with E-state index in [4.69, 9.17) is 0 Å². The number of fused-ring (bicyclic) bond motifs is 1. The fraction of sp³-hybridized carbons (Fsp3) is 0.412. The fourth-order valence-electron chi connectivity index (χ4n) is 3.01. The van der Waals surface area contributed by atoms with Gasteiger partial charge in [-0.1, -0.05) is 18.2 Å². The largest absolute Gasteiger partial charge is 0.347 e. The zero-order chi connectivity index (χ0) is 12.7. The van der Waals surface area contributed by atoms with Crippen LogP contribution in [0.1, 0.15) is 39.9 Å². The van der Waals surface area contributed by atoms with Gasteiger partial charge in [0.05, 0.1) is 0 Å². The van der Waals surface area contributed by atoms with Crippen molar-refractivity contribution in [2.75, 3.05) is 0 Å². The van der Waals surface area contributed by atoms with E-state index >= 15 is 0 Å². The van der Waals surface area contributed by atoms with Crippen LogP contribution in [0.15, 0.2) is 24.4 Å². The minimum absolute atomic E-state index is 1.01. The molecule has 1 nitrogen and oxygen atoms in total. The highest BCUT2D eigenvalue weighted by Gasteiger charge is 2.11. The van der Waals surface area contributed by atoms with Gasteiger partial charge in [0.1, 0.15) is 0 Å². The molecule has 3 rings (SSSR count). The van der Waals surface area contributed by atoms with Gasteiger partial charge in [-0.3, -0.25) is 0 Å². The van der Waals surface area contributed by atoms with Gasteiger partial charge in [0.15, 0.2) is 0 Å². The van der Waals surface area contributed by atoms with Crippen molar-refractivity contribution < 1.29 is 0 Å². The number of nitrogens with zero attached hydrogens (tertiary/aromatic N) is 1. The molecule has 1 aromatic carbocycles. The normalized spacial score (nSPS) is 13.9. The summed E-state index contributed by atoms with van der Waals surface area (Å²) in [4.78, 5) is 0. The third kappa shape index (κ3) is 1.88. The van der Waals surface area contributed by atoms with Gasteiger partial charge in [-0.15, -0.1) is 0 Å². The van der Waals surface area contributed by atoms with Crippen molar-refractivity contribution in [1.29, 1.82) is 0 Å². The van der Waals surface area contributed by atoms with Crippen LogP contribution < -0.4 is 0 Å². The third-order valence-electron chi connectivity index (χ3n) is 4.43. The van der Waals surface area contributed by atoms with Gasteiger partial charge < -0.3 is 4.57 Å². The Morgan fingerprint density at radius 2 is 1.83 bits per heavy atom. The molecule has 94 valence electrons. The van der Waals surface area contributed by atoms with Crippen molar-refractivity contribution in [2.24, 2.45) is 0 Å². The molecule has 0 N–H and O–H groups in total. The molecule has 0 aliphatic heterocycles. The Hall–Kier alpha value is -1.50. The van der Waals surface area contributed by atoms with Gasteiger partial charge in [0.2, 0.25) is 0 Å². The molecular formula is C17H21N. The van der Waals surface area contributed by atoms with Crippen LogP contribution in [0, 0.1) is 20.8 Å². The molecule has 0 spiro atoms. The standard InChI is InChI=1S/C17H21N/c1-12-10-18(14(3)13(12)2)11-15-7-8-16-5-4-6-17(16)9-15/h7-10H,4-6,11H2,1-3H3. The highest BCUT2D eigenvalue weighted by Crippen LogP contribution is 2.24. The van der Waals surface area contributed by atoms with E-state index in [2.05, 4.69) is 49.7 Å². The van der Waals surface area contributed by atoms with Crippen LogP contribution in [0.5, 0.6) is 0 Å². The number of rotatable bonds is 2. The van der Waals surface area contributed by atoms with Gasteiger partial charge in [-0.05, 0) is 67.9 Å². The lowest BCUT2D eigenvalue weighted by Gasteiger charge is -2.09. The molecule has 0 saturated heterocycles. The van der Waals surface area contributed by atoms with Crippen molar-refractivity contribution in [3.05, 3.63) is 57.9 Å². The fourth-order valence-corrected chi connectivity index (χ4v) is 3.01. The van der Waals surface area contributed by atoms with Crippen LogP contribution in [0.2, 0.25) is 0 Å². The van der Waals surface area contributed by atoms with Gasteiger partial charge in [-0.25, -0.2) is 0 Å². The minimum Gasteiger partial charge on any atom is -0.347 e. The first-order valence-corrected chi connectivity index (χ1v) is 6.89. The summed E-state index contributed by atoms with van der Waals surface area (Å²) < 4.78 is 2.38. The molecule has 2 aromatic rings. The van der Waals surface area contributed by atoms with Crippen LogP contribution in [-0.4, -0.2) is 4.57 Å². The molecule has 1 aliphatic rings. The van der Waals surface area contributed by atoms with E-state index in [1.54, 1.807) is 11.1 Å². The van der Waals surface area contributed by atoms with Crippen molar-refractivity contribution in [3.63, 3.8) is 0 Å². The van der Waals surface area contributed by atoms with Gasteiger partial charge in [0.25, 0.3) is 0 Å². The number of aryl methyl sites for hydroxylation is 3. The average Bonchev–Trinajstić information content (AvgIpc) is 2.91. The molecule has 1 heterocycles. The van der Waals surface area contributed by atoms with E-state index in [0.717, 1.165) is 6.54 Å². The van der Waals surface area contributed by atoms with Crippen molar-refractivity contribution in [2.45, 2.75) is 46.6 Å². The molecule has 0 fully saturated rings. The first kappa shape index (κ1) is 11.6. The van der Waals surface area contributed by atoms with E-state index in [0.29, 0.717) is 0 Å².